The molecule has 3 aromatic rings. The molecule has 0 spiro atoms. The van der Waals surface area contributed by atoms with E-state index in [0.29, 0.717) is 28.1 Å². The van der Waals surface area contributed by atoms with E-state index in [1.54, 1.807) is 67.8 Å². The first-order chi connectivity index (χ1) is 14.0. The number of anilines is 1. The summed E-state index contributed by atoms with van der Waals surface area (Å²) in [5.41, 5.74) is -1.16. The van der Waals surface area contributed by atoms with E-state index in [0.717, 1.165) is 0 Å². The Labute approximate surface area is 168 Å². The van der Waals surface area contributed by atoms with E-state index in [-0.39, 0.29) is 18.1 Å². The van der Waals surface area contributed by atoms with E-state index in [9.17, 15) is 14.7 Å². The second-order valence-corrected chi connectivity index (χ2v) is 7.42. The Kier molecular flexibility index (Phi) is 3.67. The van der Waals surface area contributed by atoms with Crippen LogP contribution in [0.15, 0.2) is 78.9 Å². The number of benzene rings is 3. The van der Waals surface area contributed by atoms with Crippen LogP contribution in [0.1, 0.15) is 27.9 Å². The Morgan fingerprint density at radius 1 is 0.897 bits per heavy atom. The number of rotatable bonds is 3. The van der Waals surface area contributed by atoms with Gasteiger partial charge in [-0.25, -0.2) is 0 Å². The van der Waals surface area contributed by atoms with Crippen LogP contribution in [-0.4, -0.2) is 23.9 Å². The van der Waals surface area contributed by atoms with Gasteiger partial charge >= 0.3 is 0 Å². The van der Waals surface area contributed by atoms with Crippen molar-refractivity contribution in [3.05, 3.63) is 95.6 Å². The van der Waals surface area contributed by atoms with Crippen molar-refractivity contribution in [2.45, 2.75) is 17.6 Å². The summed E-state index contributed by atoms with van der Waals surface area (Å²) in [5.74, 6) is 0.111. The average molecular weight is 385 g/mol. The summed E-state index contributed by atoms with van der Waals surface area (Å²) in [6.07, 6.45) is -0.104. The fourth-order valence-electron chi connectivity index (χ4n) is 4.82. The highest BCUT2D eigenvalue weighted by molar-refractivity contribution is 6.18. The monoisotopic (exact) mass is 385 g/mol. The van der Waals surface area contributed by atoms with Gasteiger partial charge in [0.15, 0.2) is 11.5 Å². The number of aliphatic hydroxyl groups is 1. The molecule has 5 nitrogen and oxygen atoms in total. The lowest BCUT2D eigenvalue weighted by molar-refractivity contribution is -0.118. The SMILES string of the molecule is COc1ccc(N2C(=O)CC3(c4ccccc4)C(=O)c4ccccc4C23O)cc1. The second-order valence-electron chi connectivity index (χ2n) is 7.42. The minimum atomic E-state index is -1.81. The van der Waals surface area contributed by atoms with Gasteiger partial charge in [0.25, 0.3) is 0 Å². The van der Waals surface area contributed by atoms with Crippen LogP contribution in [0.4, 0.5) is 5.69 Å². The smallest absolute Gasteiger partial charge is 0.231 e. The van der Waals surface area contributed by atoms with Crippen molar-refractivity contribution in [2.75, 3.05) is 12.0 Å². The molecule has 1 fully saturated rings. The quantitative estimate of drug-likeness (QED) is 0.750. The number of ketones is 1. The van der Waals surface area contributed by atoms with Crippen LogP contribution in [0.2, 0.25) is 0 Å². The summed E-state index contributed by atoms with van der Waals surface area (Å²) in [6.45, 7) is 0. The molecule has 0 saturated carbocycles. The highest BCUT2D eigenvalue weighted by atomic mass is 16.5. The molecule has 2 unspecified atom stereocenters. The topological polar surface area (TPSA) is 66.8 Å². The summed E-state index contributed by atoms with van der Waals surface area (Å²) in [7, 11) is 1.57. The molecule has 1 heterocycles. The Morgan fingerprint density at radius 3 is 2.24 bits per heavy atom. The molecule has 144 valence electrons. The molecule has 1 saturated heterocycles. The van der Waals surface area contributed by atoms with E-state index in [2.05, 4.69) is 0 Å². The molecule has 1 amide bonds. The van der Waals surface area contributed by atoms with E-state index in [4.69, 9.17) is 4.74 Å². The zero-order chi connectivity index (χ0) is 20.2. The first kappa shape index (κ1) is 17.6. The molecule has 0 bridgehead atoms. The molecule has 1 aliphatic carbocycles. The van der Waals surface area contributed by atoms with Crippen molar-refractivity contribution >= 4 is 17.4 Å². The van der Waals surface area contributed by atoms with Gasteiger partial charge in [-0.05, 0) is 29.8 Å². The molecule has 1 N–H and O–H groups in total. The van der Waals surface area contributed by atoms with Gasteiger partial charge in [-0.2, -0.15) is 0 Å². The van der Waals surface area contributed by atoms with Crippen LogP contribution in [0, 0.1) is 0 Å². The molecule has 5 heteroatoms. The molecule has 29 heavy (non-hydrogen) atoms. The summed E-state index contributed by atoms with van der Waals surface area (Å²) >= 11 is 0. The molecular weight excluding hydrogens is 366 g/mol. The summed E-state index contributed by atoms with van der Waals surface area (Å²) in [5, 5.41) is 12.2. The standard InChI is InChI=1S/C24H19NO4/c1-29-18-13-11-17(12-14-18)25-21(26)15-23(16-7-3-2-4-8-16)22(27)19-9-5-6-10-20(19)24(23,25)28/h2-14,28H,15H2,1H3. The number of Topliss-reactive ketones (excluding diaryl/α,β-unsaturated/α-hetero) is 1. The first-order valence-corrected chi connectivity index (χ1v) is 9.43. The molecule has 0 radical (unpaired) electrons. The molecule has 0 aromatic heterocycles. The van der Waals surface area contributed by atoms with Crippen molar-refractivity contribution in [3.63, 3.8) is 0 Å². The molecule has 2 aliphatic rings. The normalized spacial score (nSPS) is 25.1. The third-order valence-electron chi connectivity index (χ3n) is 6.12. The number of ether oxygens (including phenoxy) is 1. The third kappa shape index (κ3) is 2.08. The van der Waals surface area contributed by atoms with E-state index in [1.807, 2.05) is 18.2 Å². The average Bonchev–Trinajstić information content (AvgIpc) is 3.12. The minimum Gasteiger partial charge on any atom is -0.497 e. The van der Waals surface area contributed by atoms with Crippen LogP contribution in [0.3, 0.4) is 0 Å². The summed E-state index contributed by atoms with van der Waals surface area (Å²) in [6, 6.07) is 23.0. The minimum absolute atomic E-state index is 0.104. The number of methoxy groups -OCH3 is 1. The van der Waals surface area contributed by atoms with Gasteiger partial charge in [0, 0.05) is 23.2 Å². The van der Waals surface area contributed by atoms with Crippen LogP contribution in [-0.2, 0) is 15.9 Å². The summed E-state index contributed by atoms with van der Waals surface area (Å²) < 4.78 is 5.21. The molecular formula is C24H19NO4. The van der Waals surface area contributed by atoms with Crippen molar-refractivity contribution in [1.29, 1.82) is 0 Å². The van der Waals surface area contributed by atoms with Gasteiger partial charge in [-0.15, -0.1) is 0 Å². The first-order valence-electron chi connectivity index (χ1n) is 9.43. The largest absolute Gasteiger partial charge is 0.497 e. The van der Waals surface area contributed by atoms with Crippen molar-refractivity contribution < 1.29 is 19.4 Å². The lowest BCUT2D eigenvalue weighted by Gasteiger charge is -2.40. The highest BCUT2D eigenvalue weighted by Crippen LogP contribution is 2.60. The Balaban J connectivity index is 1.80. The predicted octanol–water partition coefficient (Wildman–Crippen LogP) is 3.41. The van der Waals surface area contributed by atoms with Gasteiger partial charge < -0.3 is 9.84 Å². The lowest BCUT2D eigenvalue weighted by atomic mass is 9.71. The van der Waals surface area contributed by atoms with Crippen molar-refractivity contribution in [1.82, 2.24) is 0 Å². The van der Waals surface area contributed by atoms with E-state index < -0.39 is 11.1 Å². The van der Waals surface area contributed by atoms with Crippen LogP contribution < -0.4 is 9.64 Å². The van der Waals surface area contributed by atoms with Gasteiger partial charge in [0.05, 0.1) is 7.11 Å². The number of carbonyl (C=O) groups is 2. The second kappa shape index (κ2) is 6.03. The third-order valence-corrected chi connectivity index (χ3v) is 6.12. The zero-order valence-electron chi connectivity index (χ0n) is 15.8. The number of hydrogen-bond acceptors (Lipinski definition) is 4. The molecule has 1 aliphatic heterocycles. The maximum Gasteiger partial charge on any atom is 0.231 e. The van der Waals surface area contributed by atoms with E-state index >= 15 is 0 Å². The number of hydrogen-bond donors (Lipinski definition) is 1. The van der Waals surface area contributed by atoms with Crippen LogP contribution in [0.25, 0.3) is 0 Å². The van der Waals surface area contributed by atoms with Gasteiger partial charge in [-0.3, -0.25) is 14.5 Å². The number of amides is 1. The van der Waals surface area contributed by atoms with Gasteiger partial charge in [0.2, 0.25) is 5.91 Å². The maximum atomic E-state index is 13.7. The Morgan fingerprint density at radius 2 is 1.55 bits per heavy atom. The highest BCUT2D eigenvalue weighted by Gasteiger charge is 2.72. The number of fused-ring (bicyclic) bond motifs is 3. The van der Waals surface area contributed by atoms with Crippen LogP contribution in [0.5, 0.6) is 5.75 Å². The number of nitrogens with zero attached hydrogens (tertiary/aromatic N) is 1. The van der Waals surface area contributed by atoms with Crippen molar-refractivity contribution in [2.24, 2.45) is 0 Å². The predicted molar refractivity (Wildman–Crippen MR) is 108 cm³/mol. The van der Waals surface area contributed by atoms with Gasteiger partial charge in [-0.1, -0.05) is 54.6 Å². The van der Waals surface area contributed by atoms with Crippen molar-refractivity contribution in [3.8, 4) is 5.75 Å². The Bertz CT molecular complexity index is 1130. The van der Waals surface area contributed by atoms with Crippen LogP contribution >= 0.6 is 0 Å². The molecule has 2 atom stereocenters. The lowest BCUT2D eigenvalue weighted by Crippen LogP contribution is -2.53. The summed E-state index contributed by atoms with van der Waals surface area (Å²) in [4.78, 5) is 28.3. The molecule has 5 rings (SSSR count). The Hall–Kier alpha value is -3.44. The fraction of sp³-hybridized carbons (Fsp3) is 0.167. The molecule has 3 aromatic carbocycles. The van der Waals surface area contributed by atoms with E-state index in [1.165, 1.54) is 4.90 Å². The number of carbonyl (C=O) groups excluding carboxylic acids is 2. The maximum absolute atomic E-state index is 13.7. The zero-order valence-corrected chi connectivity index (χ0v) is 15.8. The van der Waals surface area contributed by atoms with Gasteiger partial charge in [0.1, 0.15) is 11.2 Å². The fourth-order valence-corrected chi connectivity index (χ4v) is 4.82.